The van der Waals surface area contributed by atoms with Crippen molar-refractivity contribution in [1.29, 1.82) is 0 Å². The molecular weight excluding hydrogens is 344 g/mol. The number of aliphatic hydroxyl groups excluding tert-OH is 1. The zero-order valence-electron chi connectivity index (χ0n) is 15.2. The molecule has 3 aliphatic rings. The van der Waals surface area contributed by atoms with E-state index in [0.717, 1.165) is 23.1 Å². The van der Waals surface area contributed by atoms with Gasteiger partial charge in [0.25, 0.3) is 0 Å². The minimum absolute atomic E-state index is 0.0684. The van der Waals surface area contributed by atoms with Gasteiger partial charge >= 0.3 is 0 Å². The van der Waals surface area contributed by atoms with Gasteiger partial charge in [0.05, 0.1) is 29.6 Å². The fraction of sp³-hybridized carbons (Fsp3) is 0.409. The summed E-state index contributed by atoms with van der Waals surface area (Å²) in [5, 5.41) is 15.4. The van der Waals surface area contributed by atoms with E-state index in [1.54, 1.807) is 11.3 Å². The lowest BCUT2D eigenvalue weighted by Gasteiger charge is -2.27. The van der Waals surface area contributed by atoms with Crippen LogP contribution in [0.5, 0.6) is 0 Å². The number of hydrogen-bond acceptors (Lipinski definition) is 4. The highest BCUT2D eigenvalue weighted by atomic mass is 32.1. The minimum atomic E-state index is -0.218. The van der Waals surface area contributed by atoms with Gasteiger partial charge in [0.1, 0.15) is 5.76 Å². The van der Waals surface area contributed by atoms with Crippen molar-refractivity contribution in [3.05, 3.63) is 62.5 Å². The topological polar surface area (TPSA) is 46.5 Å². The van der Waals surface area contributed by atoms with Crippen molar-refractivity contribution in [3.8, 4) is 0 Å². The van der Waals surface area contributed by atoms with Gasteiger partial charge in [0.15, 0.2) is 5.78 Å². The van der Waals surface area contributed by atoms with E-state index in [1.165, 1.54) is 11.1 Å². The van der Waals surface area contributed by atoms with Crippen LogP contribution in [0.1, 0.15) is 40.2 Å². The smallest absolute Gasteiger partial charge is 0.173 e. The zero-order chi connectivity index (χ0) is 18.2. The first-order chi connectivity index (χ1) is 12.5. The maximum absolute atomic E-state index is 13.3. The predicted molar refractivity (Wildman–Crippen MR) is 103 cm³/mol. The van der Waals surface area contributed by atoms with Crippen molar-refractivity contribution in [2.75, 3.05) is 0 Å². The molecule has 4 heteroatoms. The third-order valence-electron chi connectivity index (χ3n) is 6.38. The Hall–Kier alpha value is -1.91. The van der Waals surface area contributed by atoms with Crippen LogP contribution in [0.3, 0.4) is 0 Å². The molecule has 0 saturated carbocycles. The number of Topliss-reactive ketones (excluding diaryl/α,β-unsaturated/α-hetero) is 1. The molecular formula is C22H22O3S. The summed E-state index contributed by atoms with van der Waals surface area (Å²) in [6, 6.07) is 6.31. The van der Waals surface area contributed by atoms with E-state index in [9.17, 15) is 9.90 Å². The molecule has 5 atom stereocenters. The number of carbonyl (C=O) groups excluding carboxylic acids is 1. The molecule has 0 spiro atoms. The highest BCUT2D eigenvalue weighted by Gasteiger charge is 2.62. The van der Waals surface area contributed by atoms with E-state index in [2.05, 4.69) is 35.9 Å². The second kappa shape index (κ2) is 5.54. The van der Waals surface area contributed by atoms with E-state index in [0.29, 0.717) is 5.57 Å². The summed E-state index contributed by atoms with van der Waals surface area (Å²) in [4.78, 5) is 13.3. The van der Waals surface area contributed by atoms with Crippen LogP contribution in [-0.4, -0.2) is 23.1 Å². The number of allylic oxidation sites excluding steroid dienone is 1. The maximum atomic E-state index is 13.3. The fourth-order valence-electron chi connectivity index (χ4n) is 5.49. The Morgan fingerprint density at radius 2 is 1.88 bits per heavy atom. The SMILES string of the molecule is Cc1cc(C)c(C2=C(O)[C@@H]3C4OC(CC4c4ccsc4)[C@@H]3C2=O)c(C)c1. The third kappa shape index (κ3) is 2.06. The number of ether oxygens (including phenoxy) is 1. The molecule has 0 amide bonds. The number of ketones is 1. The van der Waals surface area contributed by atoms with E-state index in [1.807, 2.05) is 13.8 Å². The van der Waals surface area contributed by atoms with Gasteiger partial charge in [-0.1, -0.05) is 17.7 Å². The second-order valence-electron chi connectivity index (χ2n) is 7.99. The highest BCUT2D eigenvalue weighted by Crippen LogP contribution is 2.58. The molecule has 0 radical (unpaired) electrons. The molecule has 1 aromatic heterocycles. The normalized spacial score (nSPS) is 32.6. The van der Waals surface area contributed by atoms with Crippen molar-refractivity contribution in [2.24, 2.45) is 11.8 Å². The molecule has 2 saturated heterocycles. The average molecular weight is 366 g/mol. The Bertz CT molecular complexity index is 917. The molecule has 26 heavy (non-hydrogen) atoms. The number of aliphatic hydroxyl groups is 1. The summed E-state index contributed by atoms with van der Waals surface area (Å²) in [5.41, 5.74) is 6.02. The van der Waals surface area contributed by atoms with Gasteiger partial charge in [-0.05, 0) is 66.3 Å². The first-order valence-corrected chi connectivity index (χ1v) is 10.1. The van der Waals surface area contributed by atoms with Gasteiger partial charge in [-0.25, -0.2) is 0 Å². The van der Waals surface area contributed by atoms with Crippen LogP contribution >= 0.6 is 11.3 Å². The van der Waals surface area contributed by atoms with E-state index >= 15 is 0 Å². The Morgan fingerprint density at radius 3 is 2.54 bits per heavy atom. The summed E-state index contributed by atoms with van der Waals surface area (Å²) < 4.78 is 6.17. The van der Waals surface area contributed by atoms with Crippen molar-refractivity contribution in [3.63, 3.8) is 0 Å². The van der Waals surface area contributed by atoms with E-state index < -0.39 is 0 Å². The molecule has 1 aliphatic carbocycles. The molecule has 1 aromatic carbocycles. The highest BCUT2D eigenvalue weighted by molar-refractivity contribution is 7.08. The van der Waals surface area contributed by atoms with Crippen LogP contribution < -0.4 is 0 Å². The summed E-state index contributed by atoms with van der Waals surface area (Å²) in [7, 11) is 0. The molecule has 5 rings (SSSR count). The van der Waals surface area contributed by atoms with Crippen LogP contribution in [0, 0.1) is 32.6 Å². The number of hydrogen-bond donors (Lipinski definition) is 1. The average Bonchev–Trinajstić information content (AvgIpc) is 3.33. The van der Waals surface area contributed by atoms with Gasteiger partial charge in [-0.3, -0.25) is 4.79 Å². The number of fused-ring (bicyclic) bond motifs is 5. The van der Waals surface area contributed by atoms with Crippen LogP contribution in [0.2, 0.25) is 0 Å². The first kappa shape index (κ1) is 16.3. The van der Waals surface area contributed by atoms with Crippen LogP contribution in [0.25, 0.3) is 5.57 Å². The lowest BCUT2D eigenvalue weighted by atomic mass is 9.73. The second-order valence-corrected chi connectivity index (χ2v) is 8.77. The fourth-order valence-corrected chi connectivity index (χ4v) is 6.22. The van der Waals surface area contributed by atoms with Gasteiger partial charge in [0.2, 0.25) is 0 Å². The first-order valence-electron chi connectivity index (χ1n) is 9.20. The number of rotatable bonds is 2. The third-order valence-corrected chi connectivity index (χ3v) is 7.08. The van der Waals surface area contributed by atoms with Gasteiger partial charge in [-0.2, -0.15) is 11.3 Å². The lowest BCUT2D eigenvalue weighted by Crippen LogP contribution is -2.33. The number of aryl methyl sites for hydroxylation is 3. The van der Waals surface area contributed by atoms with Crippen molar-refractivity contribution in [1.82, 2.24) is 0 Å². The quantitative estimate of drug-likeness (QED) is 0.837. The summed E-state index contributed by atoms with van der Waals surface area (Å²) >= 11 is 1.69. The van der Waals surface area contributed by atoms with Gasteiger partial charge in [0, 0.05) is 5.92 Å². The van der Waals surface area contributed by atoms with Crippen LogP contribution in [0.4, 0.5) is 0 Å². The summed E-state index contributed by atoms with van der Waals surface area (Å²) in [6.45, 7) is 6.11. The monoisotopic (exact) mass is 366 g/mol. The Balaban J connectivity index is 1.60. The summed E-state index contributed by atoms with van der Waals surface area (Å²) in [5.74, 6) is 0.189. The molecule has 134 valence electrons. The Morgan fingerprint density at radius 1 is 1.15 bits per heavy atom. The zero-order valence-corrected chi connectivity index (χ0v) is 16.0. The minimum Gasteiger partial charge on any atom is -0.511 e. The molecule has 3 heterocycles. The van der Waals surface area contributed by atoms with Crippen LogP contribution in [-0.2, 0) is 9.53 Å². The maximum Gasteiger partial charge on any atom is 0.173 e. The van der Waals surface area contributed by atoms with Gasteiger partial charge in [-0.15, -0.1) is 0 Å². The largest absolute Gasteiger partial charge is 0.511 e. The molecule has 2 aromatic rings. The number of carbonyl (C=O) groups is 1. The lowest BCUT2D eigenvalue weighted by molar-refractivity contribution is -0.118. The summed E-state index contributed by atoms with van der Waals surface area (Å²) in [6.07, 6.45) is 0.709. The van der Waals surface area contributed by atoms with Crippen molar-refractivity contribution >= 4 is 22.7 Å². The van der Waals surface area contributed by atoms with E-state index in [4.69, 9.17) is 4.74 Å². The van der Waals surface area contributed by atoms with Crippen molar-refractivity contribution < 1.29 is 14.6 Å². The molecule has 3 nitrogen and oxygen atoms in total. The molecule has 2 fully saturated rings. The number of benzene rings is 1. The number of thiophene rings is 1. The molecule has 3 unspecified atom stereocenters. The molecule has 2 bridgehead atoms. The van der Waals surface area contributed by atoms with E-state index in [-0.39, 0.29) is 41.5 Å². The standard InChI is InChI=1S/C22H22O3S/c1-10-6-11(2)16(12(3)7-10)18-20(23)17-15-8-14(13-4-5-26-9-13)22(25-15)19(17)21(18)24/h4-7,9,14-15,17,19,22,24H,8H2,1-3H3/t14?,15?,17-,19+,22?/m0/s1. The predicted octanol–water partition coefficient (Wildman–Crippen LogP) is 4.71. The molecule has 1 N–H and O–H groups in total. The van der Waals surface area contributed by atoms with Gasteiger partial charge < -0.3 is 9.84 Å². The molecule has 2 aliphatic heterocycles. The Kier molecular flexibility index (Phi) is 3.47. The van der Waals surface area contributed by atoms with Crippen molar-refractivity contribution in [2.45, 2.75) is 45.3 Å². The van der Waals surface area contributed by atoms with Crippen LogP contribution in [0.15, 0.2) is 34.7 Å². The Labute approximate surface area is 157 Å².